The Kier molecular flexibility index (Phi) is 2.92. The first-order valence-corrected chi connectivity index (χ1v) is 5.08. The lowest BCUT2D eigenvalue weighted by molar-refractivity contribution is 0.475. The number of halogens is 1. The van der Waals surface area contributed by atoms with Gasteiger partial charge in [0.2, 0.25) is 0 Å². The van der Waals surface area contributed by atoms with Gasteiger partial charge in [-0.05, 0) is 23.8 Å². The van der Waals surface area contributed by atoms with E-state index in [-0.39, 0.29) is 11.6 Å². The largest absolute Gasteiger partial charge is 0.508 e. The van der Waals surface area contributed by atoms with Gasteiger partial charge in [-0.15, -0.1) is 5.10 Å². The fourth-order valence-electron chi connectivity index (χ4n) is 1.32. The van der Waals surface area contributed by atoms with Crippen molar-refractivity contribution in [2.24, 2.45) is 0 Å². The van der Waals surface area contributed by atoms with Crippen molar-refractivity contribution in [1.29, 1.82) is 0 Å². The second-order valence-corrected chi connectivity index (χ2v) is 3.82. The van der Waals surface area contributed by atoms with Crippen LogP contribution in [0, 0.1) is 0 Å². The van der Waals surface area contributed by atoms with E-state index in [1.165, 1.54) is 0 Å². The minimum absolute atomic E-state index is 0.233. The Morgan fingerprint density at radius 1 is 1.19 bits per heavy atom. The Bertz CT molecular complexity index is 499. The molecule has 0 unspecified atom stereocenters. The number of nitrogen functional groups attached to an aromatic ring is 1. The Morgan fingerprint density at radius 2 is 1.88 bits per heavy atom. The number of phenolic OH excluding ortho intramolecular Hbond substituents is 1. The van der Waals surface area contributed by atoms with Crippen molar-refractivity contribution >= 4 is 17.4 Å². The monoisotopic (exact) mass is 235 g/mol. The highest BCUT2D eigenvalue weighted by atomic mass is 35.5. The summed E-state index contributed by atoms with van der Waals surface area (Å²) in [5, 5.41) is 17.2. The minimum Gasteiger partial charge on any atom is -0.508 e. The molecule has 0 saturated carbocycles. The molecule has 0 radical (unpaired) electrons. The number of nitrogens with two attached hydrogens (primary N) is 1. The second kappa shape index (κ2) is 4.37. The first-order chi connectivity index (χ1) is 7.65. The van der Waals surface area contributed by atoms with Crippen LogP contribution >= 0.6 is 11.6 Å². The van der Waals surface area contributed by atoms with Crippen LogP contribution in [0.2, 0.25) is 5.02 Å². The number of hydrogen-bond acceptors (Lipinski definition) is 4. The summed E-state index contributed by atoms with van der Waals surface area (Å²) in [5.74, 6) is 0.473. The zero-order chi connectivity index (χ0) is 11.5. The van der Waals surface area contributed by atoms with E-state index in [0.717, 1.165) is 11.3 Å². The molecule has 0 saturated heterocycles. The molecule has 1 heterocycles. The zero-order valence-corrected chi connectivity index (χ0v) is 9.15. The molecule has 2 rings (SSSR count). The number of nitrogens with zero attached hydrogens (tertiary/aromatic N) is 2. The van der Waals surface area contributed by atoms with Gasteiger partial charge in [-0.1, -0.05) is 23.7 Å². The van der Waals surface area contributed by atoms with Gasteiger partial charge in [-0.2, -0.15) is 5.10 Å². The van der Waals surface area contributed by atoms with Crippen LogP contribution in [0.5, 0.6) is 5.75 Å². The normalized spacial score (nSPS) is 10.3. The van der Waals surface area contributed by atoms with E-state index in [4.69, 9.17) is 22.4 Å². The van der Waals surface area contributed by atoms with E-state index < -0.39 is 0 Å². The summed E-state index contributed by atoms with van der Waals surface area (Å²) in [6.07, 6.45) is 0.604. The summed E-state index contributed by atoms with van der Waals surface area (Å²) in [6.45, 7) is 0. The van der Waals surface area contributed by atoms with Gasteiger partial charge in [0.25, 0.3) is 0 Å². The van der Waals surface area contributed by atoms with Gasteiger partial charge in [0.05, 0.1) is 10.7 Å². The third-order valence-electron chi connectivity index (χ3n) is 2.15. The van der Waals surface area contributed by atoms with Crippen molar-refractivity contribution in [3.8, 4) is 5.75 Å². The maximum Gasteiger partial charge on any atom is 0.164 e. The molecule has 0 amide bonds. The average Bonchev–Trinajstić information content (AvgIpc) is 2.27. The first kappa shape index (κ1) is 10.7. The number of phenols is 1. The van der Waals surface area contributed by atoms with Crippen molar-refractivity contribution in [1.82, 2.24) is 10.2 Å². The maximum atomic E-state index is 9.14. The SMILES string of the molecule is Nc1nnc(Cc2ccc(O)cc2)cc1Cl. The molecule has 16 heavy (non-hydrogen) atoms. The lowest BCUT2D eigenvalue weighted by atomic mass is 10.1. The third-order valence-corrected chi connectivity index (χ3v) is 2.45. The molecular formula is C11H10ClN3O. The van der Waals surface area contributed by atoms with Gasteiger partial charge in [-0.25, -0.2) is 0 Å². The lowest BCUT2D eigenvalue weighted by Crippen LogP contribution is -1.99. The van der Waals surface area contributed by atoms with Crippen molar-refractivity contribution in [3.05, 3.63) is 46.6 Å². The van der Waals surface area contributed by atoms with Crippen molar-refractivity contribution < 1.29 is 5.11 Å². The van der Waals surface area contributed by atoms with Crippen LogP contribution in [0.1, 0.15) is 11.3 Å². The molecule has 1 aromatic carbocycles. The van der Waals surface area contributed by atoms with Gasteiger partial charge >= 0.3 is 0 Å². The average molecular weight is 236 g/mol. The van der Waals surface area contributed by atoms with E-state index >= 15 is 0 Å². The number of rotatable bonds is 2. The van der Waals surface area contributed by atoms with Crippen molar-refractivity contribution in [3.63, 3.8) is 0 Å². The smallest absolute Gasteiger partial charge is 0.164 e. The van der Waals surface area contributed by atoms with Crippen LogP contribution in [0.15, 0.2) is 30.3 Å². The van der Waals surface area contributed by atoms with E-state index in [1.54, 1.807) is 18.2 Å². The summed E-state index contributed by atoms with van der Waals surface area (Å²) >= 11 is 5.84. The summed E-state index contributed by atoms with van der Waals surface area (Å²) in [4.78, 5) is 0. The van der Waals surface area contributed by atoms with Crippen LogP contribution in [0.25, 0.3) is 0 Å². The predicted octanol–water partition coefficient (Wildman–Crippen LogP) is 2.01. The van der Waals surface area contributed by atoms with Gasteiger partial charge < -0.3 is 10.8 Å². The van der Waals surface area contributed by atoms with Crippen LogP contribution in [-0.2, 0) is 6.42 Å². The van der Waals surface area contributed by atoms with Crippen molar-refractivity contribution in [2.75, 3.05) is 5.73 Å². The molecule has 0 spiro atoms. The molecule has 2 aromatic rings. The quantitative estimate of drug-likeness (QED) is 0.835. The first-order valence-electron chi connectivity index (χ1n) is 4.70. The third kappa shape index (κ3) is 2.41. The molecule has 5 heteroatoms. The topological polar surface area (TPSA) is 72.0 Å². The maximum absolute atomic E-state index is 9.14. The second-order valence-electron chi connectivity index (χ2n) is 3.41. The zero-order valence-electron chi connectivity index (χ0n) is 8.39. The molecule has 1 aromatic heterocycles. The van der Waals surface area contributed by atoms with Gasteiger partial charge in [0.15, 0.2) is 5.82 Å². The molecule has 4 nitrogen and oxygen atoms in total. The number of hydrogen-bond donors (Lipinski definition) is 2. The molecule has 0 atom stereocenters. The Labute approximate surface area is 97.7 Å². The highest BCUT2D eigenvalue weighted by Crippen LogP contribution is 2.18. The Morgan fingerprint density at radius 3 is 2.50 bits per heavy atom. The molecule has 3 N–H and O–H groups in total. The Hall–Kier alpha value is -1.81. The molecule has 0 aliphatic carbocycles. The molecule has 0 aliphatic heterocycles. The van der Waals surface area contributed by atoms with Gasteiger partial charge in [0.1, 0.15) is 5.75 Å². The molecule has 82 valence electrons. The fourth-order valence-corrected chi connectivity index (χ4v) is 1.49. The number of aromatic nitrogens is 2. The Balaban J connectivity index is 2.20. The summed E-state index contributed by atoms with van der Waals surface area (Å²) < 4.78 is 0. The van der Waals surface area contributed by atoms with E-state index in [0.29, 0.717) is 11.4 Å². The standard InChI is InChI=1S/C11H10ClN3O/c12-10-6-8(14-15-11(10)13)5-7-1-3-9(16)4-2-7/h1-4,6,16H,5H2,(H2,13,15). The molecule has 0 fully saturated rings. The van der Waals surface area contributed by atoms with Crippen LogP contribution in [0.3, 0.4) is 0 Å². The summed E-state index contributed by atoms with van der Waals surface area (Å²) in [7, 11) is 0. The lowest BCUT2D eigenvalue weighted by Gasteiger charge is -2.02. The highest BCUT2D eigenvalue weighted by molar-refractivity contribution is 6.32. The van der Waals surface area contributed by atoms with Crippen molar-refractivity contribution in [2.45, 2.75) is 6.42 Å². The summed E-state index contributed by atoms with van der Waals surface area (Å²) in [6, 6.07) is 8.59. The van der Waals surface area contributed by atoms with Gasteiger partial charge in [-0.3, -0.25) is 0 Å². The van der Waals surface area contributed by atoms with Crippen LogP contribution in [0.4, 0.5) is 5.82 Å². The molecular weight excluding hydrogens is 226 g/mol. The number of anilines is 1. The van der Waals surface area contributed by atoms with E-state index in [9.17, 15) is 0 Å². The number of benzene rings is 1. The fraction of sp³-hybridized carbons (Fsp3) is 0.0909. The molecule has 0 bridgehead atoms. The van der Waals surface area contributed by atoms with Gasteiger partial charge in [0, 0.05) is 6.42 Å². The molecule has 0 aliphatic rings. The van der Waals surface area contributed by atoms with Crippen LogP contribution in [-0.4, -0.2) is 15.3 Å². The summed E-state index contributed by atoms with van der Waals surface area (Å²) in [5.41, 5.74) is 7.23. The predicted molar refractivity (Wildman–Crippen MR) is 62.4 cm³/mol. The van der Waals surface area contributed by atoms with E-state index in [1.807, 2.05) is 12.1 Å². The highest BCUT2D eigenvalue weighted by Gasteiger charge is 2.03. The van der Waals surface area contributed by atoms with E-state index in [2.05, 4.69) is 10.2 Å². The minimum atomic E-state index is 0.233. The number of aromatic hydroxyl groups is 1. The van der Waals surface area contributed by atoms with Crippen LogP contribution < -0.4 is 5.73 Å².